The van der Waals surface area contributed by atoms with Crippen molar-refractivity contribution < 1.29 is 23.7 Å². The van der Waals surface area contributed by atoms with E-state index in [9.17, 15) is 4.79 Å². The summed E-state index contributed by atoms with van der Waals surface area (Å²) in [5.41, 5.74) is 1.64. The summed E-state index contributed by atoms with van der Waals surface area (Å²) >= 11 is 0. The van der Waals surface area contributed by atoms with Gasteiger partial charge in [0.1, 0.15) is 11.5 Å². The number of methoxy groups -OCH3 is 2. The summed E-state index contributed by atoms with van der Waals surface area (Å²) in [5.74, 6) is 2.54. The van der Waals surface area contributed by atoms with Gasteiger partial charge in [-0.2, -0.15) is 0 Å². The highest BCUT2D eigenvalue weighted by Gasteiger charge is 2.29. The van der Waals surface area contributed by atoms with Crippen LogP contribution in [0.15, 0.2) is 36.4 Å². The molecule has 0 unspecified atom stereocenters. The van der Waals surface area contributed by atoms with Gasteiger partial charge in [0.2, 0.25) is 6.79 Å². The first-order valence-corrected chi connectivity index (χ1v) is 9.39. The lowest BCUT2D eigenvalue weighted by molar-refractivity contribution is 0.163. The van der Waals surface area contributed by atoms with Crippen molar-refractivity contribution in [2.75, 3.05) is 32.9 Å². The van der Waals surface area contributed by atoms with Gasteiger partial charge in [0.15, 0.2) is 11.5 Å². The fourth-order valence-electron chi connectivity index (χ4n) is 3.75. The lowest BCUT2D eigenvalue weighted by Gasteiger charge is -2.36. The maximum absolute atomic E-state index is 13.1. The molecular weight excluding hydrogens is 360 g/mol. The first-order chi connectivity index (χ1) is 13.7. The zero-order valence-electron chi connectivity index (χ0n) is 16.1. The Morgan fingerprint density at radius 1 is 1.11 bits per heavy atom. The minimum atomic E-state index is -0.162. The van der Waals surface area contributed by atoms with E-state index in [-0.39, 0.29) is 18.9 Å². The molecule has 2 aliphatic rings. The molecule has 0 aromatic heterocycles. The van der Waals surface area contributed by atoms with Crippen LogP contribution < -0.4 is 24.3 Å². The molecule has 0 radical (unpaired) electrons. The van der Waals surface area contributed by atoms with E-state index in [1.165, 1.54) is 0 Å². The highest BCUT2D eigenvalue weighted by molar-refractivity contribution is 5.92. The van der Waals surface area contributed by atoms with Crippen LogP contribution in [0.2, 0.25) is 0 Å². The summed E-state index contributed by atoms with van der Waals surface area (Å²) < 4.78 is 21.6. The first-order valence-electron chi connectivity index (χ1n) is 9.39. The van der Waals surface area contributed by atoms with E-state index < -0.39 is 0 Å². The van der Waals surface area contributed by atoms with Gasteiger partial charge in [0.05, 0.1) is 25.9 Å². The van der Waals surface area contributed by atoms with Crippen molar-refractivity contribution in [2.24, 2.45) is 0 Å². The van der Waals surface area contributed by atoms with E-state index in [1.54, 1.807) is 26.4 Å². The van der Waals surface area contributed by atoms with Crippen LogP contribution in [0.3, 0.4) is 0 Å². The van der Waals surface area contributed by atoms with Crippen molar-refractivity contribution in [3.63, 3.8) is 0 Å². The number of hydrogen-bond donors (Lipinski definition) is 1. The van der Waals surface area contributed by atoms with Crippen LogP contribution in [0, 0.1) is 0 Å². The average Bonchev–Trinajstić information content (AvgIpc) is 3.20. The largest absolute Gasteiger partial charge is 0.497 e. The summed E-state index contributed by atoms with van der Waals surface area (Å²) in [5, 5.41) is 2.98. The number of piperidine rings is 1. The maximum Gasteiger partial charge on any atom is 0.322 e. The monoisotopic (exact) mass is 384 g/mol. The van der Waals surface area contributed by atoms with Crippen LogP contribution in [-0.2, 0) is 0 Å². The van der Waals surface area contributed by atoms with Gasteiger partial charge in [0, 0.05) is 18.7 Å². The Morgan fingerprint density at radius 3 is 2.71 bits per heavy atom. The molecule has 28 heavy (non-hydrogen) atoms. The molecule has 7 nitrogen and oxygen atoms in total. The van der Waals surface area contributed by atoms with Crippen LogP contribution in [-0.4, -0.2) is 38.5 Å². The second kappa shape index (κ2) is 7.88. The molecule has 0 saturated carbocycles. The summed E-state index contributed by atoms with van der Waals surface area (Å²) in [7, 11) is 3.21. The molecule has 0 aliphatic carbocycles. The molecule has 2 aromatic carbocycles. The Hall–Kier alpha value is -3.09. The van der Waals surface area contributed by atoms with Crippen LogP contribution in [0.25, 0.3) is 0 Å². The third-order valence-corrected chi connectivity index (χ3v) is 5.18. The molecule has 0 spiro atoms. The molecule has 148 valence electrons. The molecule has 2 aliphatic heterocycles. The number of carbonyl (C=O) groups is 1. The molecular formula is C21H24N2O5. The highest BCUT2D eigenvalue weighted by atomic mass is 16.7. The fourth-order valence-corrected chi connectivity index (χ4v) is 3.75. The number of carbonyl (C=O) groups excluding carboxylic acids is 1. The number of nitrogens with zero attached hydrogens (tertiary/aromatic N) is 1. The second-order valence-electron chi connectivity index (χ2n) is 6.82. The van der Waals surface area contributed by atoms with Gasteiger partial charge in [-0.1, -0.05) is 12.1 Å². The Labute approximate surface area is 164 Å². The van der Waals surface area contributed by atoms with E-state index in [2.05, 4.69) is 5.32 Å². The highest BCUT2D eigenvalue weighted by Crippen LogP contribution is 2.41. The average molecular weight is 384 g/mol. The summed E-state index contributed by atoms with van der Waals surface area (Å²) in [6, 6.07) is 11.2. The number of fused-ring (bicyclic) bond motifs is 1. The third kappa shape index (κ3) is 3.52. The normalized spacial score (nSPS) is 17.9. The van der Waals surface area contributed by atoms with Gasteiger partial charge in [-0.05, 0) is 37.0 Å². The standard InChI is InChI=1S/C21H24N2O5/c1-25-15-7-5-6-14(10-15)17-8-3-4-9-23(17)21(24)22-16-11-19-20(28-13-27-19)12-18(16)26-2/h5-7,10-12,17H,3-4,8-9,13H2,1-2H3,(H,22,24)/t17-/m1/s1. The molecule has 1 fully saturated rings. The summed E-state index contributed by atoms with van der Waals surface area (Å²) in [6.45, 7) is 0.862. The SMILES string of the molecule is COc1cccc([C@H]2CCCCN2C(=O)Nc2cc3c(cc2OC)OCO3)c1. The van der Waals surface area contributed by atoms with Crippen molar-refractivity contribution >= 4 is 11.7 Å². The Balaban J connectivity index is 1.57. The van der Waals surface area contributed by atoms with E-state index >= 15 is 0 Å². The van der Waals surface area contributed by atoms with Crippen LogP contribution in [0.5, 0.6) is 23.0 Å². The van der Waals surface area contributed by atoms with Gasteiger partial charge in [-0.25, -0.2) is 4.79 Å². The number of urea groups is 1. The smallest absolute Gasteiger partial charge is 0.322 e. The van der Waals surface area contributed by atoms with Gasteiger partial charge in [-0.15, -0.1) is 0 Å². The topological polar surface area (TPSA) is 69.3 Å². The first kappa shape index (κ1) is 18.3. The molecule has 2 aromatic rings. The molecule has 1 N–H and O–H groups in total. The summed E-state index contributed by atoms with van der Waals surface area (Å²) in [6.07, 6.45) is 2.98. The van der Waals surface area contributed by atoms with E-state index in [0.29, 0.717) is 29.5 Å². The number of anilines is 1. The molecule has 2 heterocycles. The second-order valence-corrected chi connectivity index (χ2v) is 6.82. The molecule has 4 rings (SSSR count). The molecule has 7 heteroatoms. The van der Waals surface area contributed by atoms with E-state index in [1.807, 2.05) is 29.2 Å². The van der Waals surface area contributed by atoms with Gasteiger partial charge in [0.25, 0.3) is 0 Å². The zero-order valence-corrected chi connectivity index (χ0v) is 16.1. The lowest BCUT2D eigenvalue weighted by Crippen LogP contribution is -2.41. The third-order valence-electron chi connectivity index (χ3n) is 5.18. The fraction of sp³-hybridized carbons (Fsp3) is 0.381. The predicted molar refractivity (Wildman–Crippen MR) is 104 cm³/mol. The number of hydrogen-bond acceptors (Lipinski definition) is 5. The number of rotatable bonds is 4. The van der Waals surface area contributed by atoms with Gasteiger partial charge < -0.3 is 29.2 Å². The van der Waals surface area contributed by atoms with E-state index in [4.69, 9.17) is 18.9 Å². The van der Waals surface area contributed by atoms with Crippen LogP contribution in [0.1, 0.15) is 30.9 Å². The molecule has 1 saturated heterocycles. The Kier molecular flexibility index (Phi) is 5.14. The van der Waals surface area contributed by atoms with Crippen LogP contribution >= 0.6 is 0 Å². The van der Waals surface area contributed by atoms with E-state index in [0.717, 1.165) is 30.6 Å². The number of amides is 2. The lowest BCUT2D eigenvalue weighted by atomic mass is 9.95. The number of nitrogens with one attached hydrogen (secondary N) is 1. The Bertz CT molecular complexity index is 870. The van der Waals surface area contributed by atoms with Crippen LogP contribution in [0.4, 0.5) is 10.5 Å². The van der Waals surface area contributed by atoms with Crippen molar-refractivity contribution in [1.82, 2.24) is 4.90 Å². The van der Waals surface area contributed by atoms with Gasteiger partial charge in [-0.3, -0.25) is 0 Å². The zero-order chi connectivity index (χ0) is 19.5. The van der Waals surface area contributed by atoms with Crippen molar-refractivity contribution in [3.8, 4) is 23.0 Å². The van der Waals surface area contributed by atoms with Gasteiger partial charge >= 0.3 is 6.03 Å². The minimum absolute atomic E-state index is 0.00357. The quantitative estimate of drug-likeness (QED) is 0.856. The van der Waals surface area contributed by atoms with Crippen molar-refractivity contribution in [2.45, 2.75) is 25.3 Å². The molecule has 0 bridgehead atoms. The maximum atomic E-state index is 13.1. The molecule has 2 amide bonds. The summed E-state index contributed by atoms with van der Waals surface area (Å²) in [4.78, 5) is 15.0. The Morgan fingerprint density at radius 2 is 1.93 bits per heavy atom. The predicted octanol–water partition coefficient (Wildman–Crippen LogP) is 4.19. The number of ether oxygens (including phenoxy) is 4. The number of benzene rings is 2. The minimum Gasteiger partial charge on any atom is -0.497 e. The van der Waals surface area contributed by atoms with Crippen molar-refractivity contribution in [1.29, 1.82) is 0 Å². The molecule has 1 atom stereocenters. The van der Waals surface area contributed by atoms with Crippen molar-refractivity contribution in [3.05, 3.63) is 42.0 Å². The number of likely N-dealkylation sites (tertiary alicyclic amines) is 1.